The van der Waals surface area contributed by atoms with Gasteiger partial charge in [-0.3, -0.25) is 0 Å². The molecule has 0 saturated heterocycles. The van der Waals surface area contributed by atoms with Gasteiger partial charge in [0.2, 0.25) is 0 Å². The van der Waals surface area contributed by atoms with E-state index in [1.807, 2.05) is 24.3 Å². The van der Waals surface area contributed by atoms with Gasteiger partial charge in [0.1, 0.15) is 11.5 Å². The summed E-state index contributed by atoms with van der Waals surface area (Å²) in [5, 5.41) is 0. The molecule has 1 saturated carbocycles. The van der Waals surface area contributed by atoms with Crippen molar-refractivity contribution in [3.8, 4) is 11.5 Å². The maximum atomic E-state index is 5.90. The van der Waals surface area contributed by atoms with Gasteiger partial charge in [0.25, 0.3) is 0 Å². The topological polar surface area (TPSA) is 18.5 Å². The molecule has 1 aromatic carbocycles. The normalized spacial score (nSPS) is 21.1. The Kier molecular flexibility index (Phi) is 8.35. The molecule has 0 N–H and O–H groups in total. The third-order valence-electron chi connectivity index (χ3n) is 5.01. The number of benzene rings is 1. The van der Waals surface area contributed by atoms with Crippen LogP contribution in [0.2, 0.25) is 0 Å². The Hall–Kier alpha value is -1.18. The summed E-state index contributed by atoms with van der Waals surface area (Å²) in [7, 11) is 0. The molecule has 0 bridgehead atoms. The summed E-state index contributed by atoms with van der Waals surface area (Å²) in [6.07, 6.45) is 12.1. The molecular formula is C21H34O2. The molecule has 0 amide bonds. The molecule has 2 heteroatoms. The van der Waals surface area contributed by atoms with Crippen molar-refractivity contribution in [3.63, 3.8) is 0 Å². The van der Waals surface area contributed by atoms with Gasteiger partial charge in [-0.2, -0.15) is 0 Å². The molecule has 0 heterocycles. The van der Waals surface area contributed by atoms with Crippen LogP contribution in [-0.4, -0.2) is 13.2 Å². The van der Waals surface area contributed by atoms with E-state index in [1.165, 1.54) is 51.4 Å². The molecule has 1 fully saturated rings. The Bertz CT molecular complexity index is 410. The third-order valence-corrected chi connectivity index (χ3v) is 5.01. The lowest BCUT2D eigenvalue weighted by Gasteiger charge is -2.31. The molecule has 1 aliphatic carbocycles. The van der Waals surface area contributed by atoms with E-state index in [4.69, 9.17) is 9.47 Å². The van der Waals surface area contributed by atoms with E-state index in [9.17, 15) is 0 Å². The van der Waals surface area contributed by atoms with Crippen LogP contribution < -0.4 is 9.47 Å². The maximum absolute atomic E-state index is 5.90. The Labute approximate surface area is 142 Å². The van der Waals surface area contributed by atoms with Crippen LogP contribution in [0.3, 0.4) is 0 Å². The molecule has 2 unspecified atom stereocenters. The van der Waals surface area contributed by atoms with Crippen LogP contribution in [-0.2, 0) is 0 Å². The van der Waals surface area contributed by atoms with Gasteiger partial charge in [-0.05, 0) is 55.4 Å². The van der Waals surface area contributed by atoms with Crippen LogP contribution in [0.25, 0.3) is 0 Å². The van der Waals surface area contributed by atoms with Crippen LogP contribution in [0.15, 0.2) is 24.3 Å². The second kappa shape index (κ2) is 10.6. The Morgan fingerprint density at radius 3 is 1.91 bits per heavy atom. The van der Waals surface area contributed by atoms with Gasteiger partial charge >= 0.3 is 0 Å². The highest BCUT2D eigenvalue weighted by molar-refractivity contribution is 5.31. The van der Waals surface area contributed by atoms with Gasteiger partial charge < -0.3 is 9.47 Å². The summed E-state index contributed by atoms with van der Waals surface area (Å²) >= 11 is 0. The second-order valence-corrected chi connectivity index (χ2v) is 6.90. The Morgan fingerprint density at radius 2 is 1.35 bits per heavy atom. The van der Waals surface area contributed by atoms with Gasteiger partial charge in [0, 0.05) is 0 Å². The Morgan fingerprint density at radius 1 is 0.783 bits per heavy atom. The van der Waals surface area contributed by atoms with E-state index in [0.29, 0.717) is 0 Å². The number of rotatable bonds is 10. The zero-order valence-corrected chi connectivity index (χ0v) is 15.1. The molecule has 2 atom stereocenters. The van der Waals surface area contributed by atoms with Crippen molar-refractivity contribution >= 4 is 0 Å². The van der Waals surface area contributed by atoms with E-state index in [1.54, 1.807) is 0 Å². The predicted octanol–water partition coefficient (Wildman–Crippen LogP) is 6.24. The van der Waals surface area contributed by atoms with Crippen molar-refractivity contribution in [3.05, 3.63) is 24.3 Å². The molecule has 1 aliphatic rings. The van der Waals surface area contributed by atoms with Crippen molar-refractivity contribution in [1.29, 1.82) is 0 Å². The average Bonchev–Trinajstić information content (AvgIpc) is 2.59. The molecule has 0 spiro atoms. The first-order valence-electron chi connectivity index (χ1n) is 9.69. The fraction of sp³-hybridized carbons (Fsp3) is 0.714. The zero-order chi connectivity index (χ0) is 16.3. The lowest BCUT2D eigenvalue weighted by molar-refractivity contribution is 0.193. The van der Waals surface area contributed by atoms with Crippen molar-refractivity contribution in [2.45, 2.75) is 71.6 Å². The van der Waals surface area contributed by atoms with Gasteiger partial charge in [-0.25, -0.2) is 0 Å². The highest BCUT2D eigenvalue weighted by atomic mass is 16.5. The second-order valence-electron chi connectivity index (χ2n) is 6.90. The standard InChI is InChI=1S/C21H34O2/c1-3-8-18-9-5-6-10-19(18)11-7-17-23-21-14-12-20(13-15-21)22-16-4-2/h12-15,18-19H,3-11,16-17H2,1-2H3. The zero-order valence-electron chi connectivity index (χ0n) is 15.1. The minimum atomic E-state index is 0.778. The fourth-order valence-corrected chi connectivity index (χ4v) is 3.80. The molecular weight excluding hydrogens is 284 g/mol. The highest BCUT2D eigenvalue weighted by Crippen LogP contribution is 2.35. The summed E-state index contributed by atoms with van der Waals surface area (Å²) < 4.78 is 11.5. The number of hydrogen-bond acceptors (Lipinski definition) is 2. The summed E-state index contributed by atoms with van der Waals surface area (Å²) in [4.78, 5) is 0. The van der Waals surface area contributed by atoms with Crippen molar-refractivity contribution in [2.24, 2.45) is 11.8 Å². The van der Waals surface area contributed by atoms with Crippen LogP contribution in [0.1, 0.15) is 71.6 Å². The quantitative estimate of drug-likeness (QED) is 0.475. The average molecular weight is 319 g/mol. The number of ether oxygens (including phenoxy) is 2. The summed E-state index contributed by atoms with van der Waals surface area (Å²) in [5.74, 6) is 3.81. The Balaban J connectivity index is 1.66. The van der Waals surface area contributed by atoms with E-state index < -0.39 is 0 Å². The molecule has 0 aromatic heterocycles. The lowest BCUT2D eigenvalue weighted by Crippen LogP contribution is -2.20. The van der Waals surface area contributed by atoms with Crippen LogP contribution in [0.4, 0.5) is 0 Å². The monoisotopic (exact) mass is 318 g/mol. The molecule has 130 valence electrons. The fourth-order valence-electron chi connectivity index (χ4n) is 3.80. The number of hydrogen-bond donors (Lipinski definition) is 0. The van der Waals surface area contributed by atoms with Crippen molar-refractivity contribution in [2.75, 3.05) is 13.2 Å². The first-order chi connectivity index (χ1) is 11.3. The van der Waals surface area contributed by atoms with E-state index in [2.05, 4.69) is 13.8 Å². The van der Waals surface area contributed by atoms with Crippen LogP contribution >= 0.6 is 0 Å². The van der Waals surface area contributed by atoms with Crippen molar-refractivity contribution < 1.29 is 9.47 Å². The van der Waals surface area contributed by atoms with Gasteiger partial charge in [-0.1, -0.05) is 52.4 Å². The van der Waals surface area contributed by atoms with E-state index in [0.717, 1.165) is 43.0 Å². The molecule has 23 heavy (non-hydrogen) atoms. The summed E-state index contributed by atoms with van der Waals surface area (Å²) in [6.45, 7) is 6.06. The largest absolute Gasteiger partial charge is 0.494 e. The molecule has 2 nitrogen and oxygen atoms in total. The first-order valence-corrected chi connectivity index (χ1v) is 9.69. The van der Waals surface area contributed by atoms with Crippen LogP contribution in [0, 0.1) is 11.8 Å². The van der Waals surface area contributed by atoms with Crippen LogP contribution in [0.5, 0.6) is 11.5 Å². The van der Waals surface area contributed by atoms with E-state index in [-0.39, 0.29) is 0 Å². The molecule has 0 radical (unpaired) electrons. The first kappa shape index (κ1) is 18.2. The molecule has 2 rings (SSSR count). The lowest BCUT2D eigenvalue weighted by atomic mass is 9.75. The summed E-state index contributed by atoms with van der Waals surface area (Å²) in [6, 6.07) is 8.05. The smallest absolute Gasteiger partial charge is 0.119 e. The molecule has 1 aromatic rings. The maximum Gasteiger partial charge on any atom is 0.119 e. The van der Waals surface area contributed by atoms with Gasteiger partial charge in [0.15, 0.2) is 0 Å². The SMILES string of the molecule is CCCOc1ccc(OCCCC2CCCCC2CCC)cc1. The summed E-state index contributed by atoms with van der Waals surface area (Å²) in [5.41, 5.74) is 0. The molecule has 0 aliphatic heterocycles. The van der Waals surface area contributed by atoms with Gasteiger partial charge in [0.05, 0.1) is 13.2 Å². The van der Waals surface area contributed by atoms with Crippen molar-refractivity contribution in [1.82, 2.24) is 0 Å². The third kappa shape index (κ3) is 6.45. The predicted molar refractivity (Wildman–Crippen MR) is 97.3 cm³/mol. The van der Waals surface area contributed by atoms with E-state index >= 15 is 0 Å². The minimum Gasteiger partial charge on any atom is -0.494 e. The highest BCUT2D eigenvalue weighted by Gasteiger charge is 2.23. The van der Waals surface area contributed by atoms with Gasteiger partial charge in [-0.15, -0.1) is 0 Å². The minimum absolute atomic E-state index is 0.778.